The second kappa shape index (κ2) is 13.4. The van der Waals surface area contributed by atoms with E-state index < -0.39 is 49.2 Å². The number of ether oxygens (including phenoxy) is 5. The van der Waals surface area contributed by atoms with E-state index in [2.05, 4.69) is 34.3 Å². The molecule has 0 aromatic rings. The van der Waals surface area contributed by atoms with Crippen molar-refractivity contribution in [2.24, 2.45) is 22.7 Å². The fourth-order valence-electron chi connectivity index (χ4n) is 7.95. The van der Waals surface area contributed by atoms with Gasteiger partial charge in [-0.2, -0.15) is 0 Å². The van der Waals surface area contributed by atoms with Crippen LogP contribution in [0, 0.1) is 22.7 Å². The molecule has 10 heteroatoms. The van der Waals surface area contributed by atoms with Gasteiger partial charge >= 0.3 is 0 Å². The van der Waals surface area contributed by atoms with Gasteiger partial charge < -0.3 is 49.2 Å². The highest BCUT2D eigenvalue weighted by molar-refractivity contribution is 5.18. The van der Waals surface area contributed by atoms with E-state index in [4.69, 9.17) is 23.7 Å². The topological polar surface area (TPSA) is 147 Å². The average molecular weight is 585 g/mol. The second-order valence-electron chi connectivity index (χ2n) is 13.4. The van der Waals surface area contributed by atoms with Gasteiger partial charge in [-0.3, -0.25) is 0 Å². The van der Waals surface area contributed by atoms with E-state index in [0.29, 0.717) is 11.8 Å². The van der Waals surface area contributed by atoms with Crippen molar-refractivity contribution >= 4 is 0 Å². The highest BCUT2D eigenvalue weighted by Gasteiger charge is 2.57. The van der Waals surface area contributed by atoms with Crippen LogP contribution in [0.25, 0.3) is 0 Å². The van der Waals surface area contributed by atoms with Gasteiger partial charge in [0.2, 0.25) is 0 Å². The summed E-state index contributed by atoms with van der Waals surface area (Å²) in [4.78, 5) is 0. The molecule has 2 saturated heterocycles. The molecular formula is C31H52O10. The lowest BCUT2D eigenvalue weighted by Crippen LogP contribution is -2.56. The minimum Gasteiger partial charge on any atom is -0.394 e. The maximum Gasteiger partial charge on any atom is 0.186 e. The molecule has 2 heterocycles. The van der Waals surface area contributed by atoms with Crippen LogP contribution in [0.3, 0.4) is 0 Å². The maximum absolute atomic E-state index is 10.5. The highest BCUT2D eigenvalue weighted by Crippen LogP contribution is 2.62. The van der Waals surface area contributed by atoms with Crippen LogP contribution in [-0.2, 0) is 23.7 Å². The van der Waals surface area contributed by atoms with Crippen LogP contribution >= 0.6 is 0 Å². The molecule has 0 spiro atoms. The van der Waals surface area contributed by atoms with E-state index >= 15 is 0 Å². The minimum atomic E-state index is -1.19. The summed E-state index contributed by atoms with van der Waals surface area (Å²) in [6.07, 6.45) is -0.375. The molecule has 12 atom stereocenters. The van der Waals surface area contributed by atoms with E-state index in [1.165, 1.54) is 18.3 Å². The summed E-state index contributed by atoms with van der Waals surface area (Å²) in [5.74, 6) is 0.727. The van der Waals surface area contributed by atoms with E-state index in [9.17, 15) is 25.5 Å². The first-order valence-electron chi connectivity index (χ1n) is 15.1. The third-order valence-electron chi connectivity index (χ3n) is 10.6. The fourth-order valence-corrected chi connectivity index (χ4v) is 7.95. The molecular weight excluding hydrogens is 532 g/mol. The number of hydrogen-bond donors (Lipinski definition) is 5. The average Bonchev–Trinajstić information content (AvgIpc) is 3.20. The molecule has 2 aliphatic heterocycles. The molecule has 5 N–H and O–H groups in total. The molecule has 10 nitrogen and oxygen atoms in total. The zero-order chi connectivity index (χ0) is 30.1. The van der Waals surface area contributed by atoms with Crippen molar-refractivity contribution in [1.82, 2.24) is 0 Å². The van der Waals surface area contributed by atoms with Crippen LogP contribution in [0.4, 0.5) is 0 Å². The normalized spacial score (nSPS) is 45.1. The molecule has 2 aliphatic carbocycles. The standard InChI is InChI=1S/C31H52O10/c1-17(12-14-38-28-26(35)25(34)21(37-6)16-39-28)7-9-19-18(2)8-10-22-30(3,4)23(11-13-31(19,22)5)41-29-27(36)24(33)20(15-32)40-29/h12,19-29,32-36H,2,7-11,13-16H2,1,3-6H3/b17-12+. The van der Waals surface area contributed by atoms with Gasteiger partial charge in [0, 0.05) is 7.11 Å². The molecule has 41 heavy (non-hydrogen) atoms. The third-order valence-corrected chi connectivity index (χ3v) is 10.6. The van der Waals surface area contributed by atoms with Gasteiger partial charge in [-0.1, -0.05) is 44.6 Å². The van der Waals surface area contributed by atoms with Crippen molar-refractivity contribution in [3.63, 3.8) is 0 Å². The molecule has 236 valence electrons. The summed E-state index contributed by atoms with van der Waals surface area (Å²) in [6, 6.07) is 0. The van der Waals surface area contributed by atoms with Gasteiger partial charge in [-0.25, -0.2) is 0 Å². The molecule has 0 aromatic carbocycles. The van der Waals surface area contributed by atoms with Crippen LogP contribution in [-0.4, -0.2) is 108 Å². The summed E-state index contributed by atoms with van der Waals surface area (Å²) in [5, 5.41) is 50.5. The predicted molar refractivity (Wildman–Crippen MR) is 151 cm³/mol. The summed E-state index contributed by atoms with van der Waals surface area (Å²) in [6.45, 7) is 13.5. The van der Waals surface area contributed by atoms with E-state index in [1.54, 1.807) is 0 Å². The Kier molecular flexibility index (Phi) is 10.8. The van der Waals surface area contributed by atoms with E-state index in [-0.39, 0.29) is 36.8 Å². The van der Waals surface area contributed by atoms with Crippen molar-refractivity contribution in [2.45, 2.75) is 122 Å². The van der Waals surface area contributed by atoms with Crippen molar-refractivity contribution in [3.05, 3.63) is 23.8 Å². The summed E-state index contributed by atoms with van der Waals surface area (Å²) >= 11 is 0. The molecule has 2 saturated carbocycles. The molecule has 4 aliphatic rings. The number of hydrogen-bond acceptors (Lipinski definition) is 10. The van der Waals surface area contributed by atoms with Crippen molar-refractivity contribution in [2.75, 3.05) is 26.9 Å². The quantitative estimate of drug-likeness (QED) is 0.242. The van der Waals surface area contributed by atoms with Crippen LogP contribution in [0.2, 0.25) is 0 Å². The molecule has 0 amide bonds. The molecule has 4 rings (SSSR count). The third kappa shape index (κ3) is 6.62. The van der Waals surface area contributed by atoms with Crippen LogP contribution in [0.5, 0.6) is 0 Å². The van der Waals surface area contributed by atoms with Gasteiger partial charge in [-0.05, 0) is 68.1 Å². The van der Waals surface area contributed by atoms with Crippen molar-refractivity contribution in [1.29, 1.82) is 0 Å². The van der Waals surface area contributed by atoms with Gasteiger partial charge in [-0.15, -0.1) is 0 Å². The Labute approximate surface area is 244 Å². The molecule has 0 bridgehead atoms. The van der Waals surface area contributed by atoms with Gasteiger partial charge in [0.1, 0.15) is 36.6 Å². The van der Waals surface area contributed by atoms with E-state index in [0.717, 1.165) is 38.5 Å². The highest BCUT2D eigenvalue weighted by atomic mass is 16.7. The molecule has 12 unspecified atom stereocenters. The smallest absolute Gasteiger partial charge is 0.186 e. The maximum atomic E-state index is 10.5. The van der Waals surface area contributed by atoms with Crippen molar-refractivity contribution < 1.29 is 49.2 Å². The van der Waals surface area contributed by atoms with Gasteiger partial charge in [0.25, 0.3) is 0 Å². The first kappa shape index (κ1) is 33.0. The van der Waals surface area contributed by atoms with E-state index in [1.807, 2.05) is 6.08 Å². The number of methoxy groups -OCH3 is 1. The van der Waals surface area contributed by atoms with Crippen LogP contribution < -0.4 is 0 Å². The lowest BCUT2D eigenvalue weighted by Gasteiger charge is -2.60. The first-order chi connectivity index (χ1) is 19.3. The fraction of sp³-hybridized carbons (Fsp3) is 0.871. The number of allylic oxidation sites excluding steroid dienone is 2. The van der Waals surface area contributed by atoms with Crippen LogP contribution in [0.15, 0.2) is 23.8 Å². The predicted octanol–water partition coefficient (Wildman–Crippen LogP) is 2.06. The largest absolute Gasteiger partial charge is 0.394 e. The zero-order valence-corrected chi connectivity index (χ0v) is 25.3. The molecule has 0 aromatic heterocycles. The first-order valence-corrected chi connectivity index (χ1v) is 15.1. The Hall–Kier alpha value is -0.920. The summed E-state index contributed by atoms with van der Waals surface area (Å²) < 4.78 is 28.3. The SMILES string of the molecule is C=C1CCC2C(C)(C)C(OC3OC(CO)C(O)C3O)CCC2(C)C1CC/C(C)=C/COC1OCC(OC)C(O)C1O. The van der Waals surface area contributed by atoms with Crippen molar-refractivity contribution in [3.8, 4) is 0 Å². The number of fused-ring (bicyclic) bond motifs is 1. The minimum absolute atomic E-state index is 0.0475. The van der Waals surface area contributed by atoms with Crippen LogP contribution in [0.1, 0.15) is 66.2 Å². The lowest BCUT2D eigenvalue weighted by atomic mass is 9.46. The Morgan fingerprint density at radius 2 is 1.76 bits per heavy atom. The Balaban J connectivity index is 1.34. The molecule has 0 radical (unpaired) electrons. The Morgan fingerprint density at radius 1 is 1.05 bits per heavy atom. The number of aliphatic hydroxyl groups excluding tert-OH is 5. The number of aliphatic hydroxyl groups is 5. The summed E-state index contributed by atoms with van der Waals surface area (Å²) in [5.41, 5.74) is 2.34. The van der Waals surface area contributed by atoms with Gasteiger partial charge in [0.05, 0.1) is 25.9 Å². The Bertz CT molecular complexity index is 923. The second-order valence-corrected chi connectivity index (χ2v) is 13.4. The number of rotatable bonds is 10. The zero-order valence-electron chi connectivity index (χ0n) is 25.3. The van der Waals surface area contributed by atoms with Gasteiger partial charge in [0.15, 0.2) is 12.6 Å². The monoisotopic (exact) mass is 584 g/mol. The molecule has 4 fully saturated rings. The summed E-state index contributed by atoms with van der Waals surface area (Å²) in [7, 11) is 1.47. The lowest BCUT2D eigenvalue weighted by molar-refractivity contribution is -0.270. The Morgan fingerprint density at radius 3 is 2.41 bits per heavy atom.